The third kappa shape index (κ3) is 6.88. The molecular formula is C14H23N4O8P2S+. The lowest BCUT2D eigenvalue weighted by Gasteiger charge is -2.11. The number of aryl methyl sites for hydroxylation is 1. The predicted molar refractivity (Wildman–Crippen MR) is 103 cm³/mol. The Kier molecular flexibility index (Phi) is 7.66. The molecule has 0 fully saturated rings. The van der Waals surface area contributed by atoms with E-state index in [1.807, 2.05) is 4.57 Å². The molecule has 29 heavy (non-hydrogen) atoms. The summed E-state index contributed by atoms with van der Waals surface area (Å²) in [5.41, 5.74) is 7.38. The molecule has 0 aliphatic carbocycles. The second-order valence-electron chi connectivity index (χ2n) is 6.16. The van der Waals surface area contributed by atoms with Crippen molar-refractivity contribution in [1.82, 2.24) is 9.97 Å². The number of phosphoric acid groups is 2. The largest absolute Gasteiger partial charge is 0.481 e. The van der Waals surface area contributed by atoms with Gasteiger partial charge in [0.15, 0.2) is 12.2 Å². The summed E-state index contributed by atoms with van der Waals surface area (Å²) in [5, 5.41) is 10.7. The van der Waals surface area contributed by atoms with Crippen LogP contribution < -0.4 is 10.3 Å². The average Bonchev–Trinajstić information content (AvgIpc) is 2.84. The van der Waals surface area contributed by atoms with Crippen LogP contribution >= 0.6 is 27.0 Å². The zero-order valence-corrected chi connectivity index (χ0v) is 18.5. The molecule has 6 N–H and O–H groups in total. The van der Waals surface area contributed by atoms with Crippen LogP contribution in [0.25, 0.3) is 0 Å². The molecule has 0 amide bonds. The van der Waals surface area contributed by atoms with E-state index < -0.39 is 21.7 Å². The molecule has 0 saturated carbocycles. The van der Waals surface area contributed by atoms with Gasteiger partial charge in [0, 0.05) is 19.5 Å². The maximum Gasteiger partial charge on any atom is 0.481 e. The summed E-state index contributed by atoms with van der Waals surface area (Å²) in [6.07, 6.45) is 0.971. The van der Waals surface area contributed by atoms with Crippen molar-refractivity contribution in [2.75, 3.05) is 12.3 Å². The Hall–Kier alpha value is -1.27. The highest BCUT2D eigenvalue weighted by Crippen LogP contribution is 2.57. The van der Waals surface area contributed by atoms with E-state index in [9.17, 15) is 19.1 Å². The number of nitrogens with two attached hydrogens (primary N) is 1. The molecule has 0 aliphatic rings. The Morgan fingerprint density at radius 3 is 2.52 bits per heavy atom. The molecule has 162 valence electrons. The monoisotopic (exact) mass is 469 g/mol. The van der Waals surface area contributed by atoms with Crippen molar-refractivity contribution in [1.29, 1.82) is 0 Å². The number of anilines is 1. The number of nitrogens with zero attached hydrogens (tertiary/aromatic N) is 3. The van der Waals surface area contributed by atoms with Crippen LogP contribution in [0.4, 0.5) is 5.82 Å². The quantitative estimate of drug-likeness (QED) is 0.259. The Bertz CT molecular complexity index is 977. The van der Waals surface area contributed by atoms with Gasteiger partial charge in [-0.05, 0) is 13.8 Å². The summed E-state index contributed by atoms with van der Waals surface area (Å²) >= 11 is 1.27. The predicted octanol–water partition coefficient (Wildman–Crippen LogP) is 0.895. The van der Waals surface area contributed by atoms with Crippen LogP contribution in [0.2, 0.25) is 0 Å². The van der Waals surface area contributed by atoms with Crippen LogP contribution in [0.5, 0.6) is 0 Å². The minimum Gasteiger partial charge on any atom is -0.383 e. The van der Waals surface area contributed by atoms with Crippen molar-refractivity contribution < 1.29 is 42.3 Å². The van der Waals surface area contributed by atoms with Crippen molar-refractivity contribution in [2.45, 2.75) is 39.8 Å². The zero-order valence-electron chi connectivity index (χ0n) is 15.9. The molecule has 2 aromatic heterocycles. The maximum atomic E-state index is 11.5. The third-order valence-corrected chi connectivity index (χ3v) is 7.50. The van der Waals surface area contributed by atoms with E-state index in [4.69, 9.17) is 15.5 Å². The van der Waals surface area contributed by atoms with Gasteiger partial charge in [0.05, 0.1) is 17.0 Å². The van der Waals surface area contributed by atoms with Crippen LogP contribution in [-0.2, 0) is 30.9 Å². The molecule has 2 rings (SSSR count). The highest BCUT2D eigenvalue weighted by Gasteiger charge is 2.33. The summed E-state index contributed by atoms with van der Waals surface area (Å²) in [4.78, 5) is 35.6. The second kappa shape index (κ2) is 9.25. The van der Waals surface area contributed by atoms with Gasteiger partial charge in [0.1, 0.15) is 17.7 Å². The summed E-state index contributed by atoms with van der Waals surface area (Å²) < 4.78 is 32.4. The first-order valence-electron chi connectivity index (χ1n) is 8.31. The van der Waals surface area contributed by atoms with Crippen molar-refractivity contribution >= 4 is 32.8 Å². The smallest absolute Gasteiger partial charge is 0.383 e. The topological polar surface area (TPSA) is 189 Å². The van der Waals surface area contributed by atoms with Crippen molar-refractivity contribution in [3.05, 3.63) is 33.2 Å². The standard InChI is InChI=1S/C14H22N4O8P2S/c1-8-12(4-5-25-28(23,24)26-27(20,21)22)29-14(9(2)19)18(8)7-11-6-16-10(3)17-13(11)15/h6,9,19H,4-5,7H2,1-3H3,(H4-,15,16,17,20,21,22,23,24)/p+1. The Morgan fingerprint density at radius 2 is 1.97 bits per heavy atom. The molecule has 12 nitrogen and oxygen atoms in total. The SMILES string of the molecule is Cc1ncc(C[n+]2c(C(C)O)sc(CCOP(=O)(O)OP(=O)(O)O)c2C)c(N)n1. The number of rotatable bonds is 9. The van der Waals surface area contributed by atoms with E-state index in [-0.39, 0.29) is 13.0 Å². The van der Waals surface area contributed by atoms with Crippen LogP contribution in [0.15, 0.2) is 6.20 Å². The van der Waals surface area contributed by atoms with E-state index in [1.165, 1.54) is 11.3 Å². The minimum atomic E-state index is -5.17. The molecule has 2 atom stereocenters. The van der Waals surface area contributed by atoms with Gasteiger partial charge in [-0.25, -0.2) is 19.1 Å². The molecule has 15 heteroatoms. The summed E-state index contributed by atoms with van der Waals surface area (Å²) in [6, 6.07) is 0. The lowest BCUT2D eigenvalue weighted by molar-refractivity contribution is -0.699. The molecule has 0 aromatic carbocycles. The Morgan fingerprint density at radius 1 is 1.31 bits per heavy atom. The molecule has 2 aromatic rings. The highest BCUT2D eigenvalue weighted by atomic mass is 32.1. The lowest BCUT2D eigenvalue weighted by Crippen LogP contribution is -2.40. The molecule has 0 radical (unpaired) electrons. The first kappa shape index (κ1) is 24.0. The average molecular weight is 469 g/mol. The van der Waals surface area contributed by atoms with Crippen LogP contribution in [-0.4, -0.2) is 36.4 Å². The number of aromatic nitrogens is 3. The van der Waals surface area contributed by atoms with Crippen LogP contribution in [0.3, 0.4) is 0 Å². The summed E-state index contributed by atoms with van der Waals surface area (Å²) in [6.45, 7) is 5.11. The van der Waals surface area contributed by atoms with Gasteiger partial charge >= 0.3 is 15.6 Å². The lowest BCUT2D eigenvalue weighted by atomic mass is 10.2. The van der Waals surface area contributed by atoms with Crippen molar-refractivity contribution in [2.24, 2.45) is 0 Å². The van der Waals surface area contributed by atoms with E-state index in [0.29, 0.717) is 28.8 Å². The molecular weight excluding hydrogens is 446 g/mol. The number of nitrogen functional groups attached to an aromatic ring is 1. The molecule has 0 spiro atoms. The number of aliphatic hydroxyl groups is 1. The number of hydrogen-bond acceptors (Lipinski definition) is 9. The highest BCUT2D eigenvalue weighted by molar-refractivity contribution is 7.60. The van der Waals surface area contributed by atoms with Gasteiger partial charge in [0.25, 0.3) is 5.01 Å². The first-order valence-corrected chi connectivity index (χ1v) is 12.2. The van der Waals surface area contributed by atoms with E-state index in [2.05, 4.69) is 18.8 Å². The number of aliphatic hydroxyl groups excluding tert-OH is 1. The Balaban J connectivity index is 2.19. The molecule has 0 saturated heterocycles. The van der Waals surface area contributed by atoms with E-state index >= 15 is 0 Å². The van der Waals surface area contributed by atoms with E-state index in [1.54, 1.807) is 27.0 Å². The third-order valence-electron chi connectivity index (χ3n) is 3.80. The number of thiazole rings is 1. The fourth-order valence-electron chi connectivity index (χ4n) is 2.53. The van der Waals surface area contributed by atoms with Gasteiger partial charge in [-0.3, -0.25) is 4.52 Å². The van der Waals surface area contributed by atoms with Gasteiger partial charge in [0.2, 0.25) is 0 Å². The molecule has 0 aliphatic heterocycles. The fraction of sp³-hybridized carbons (Fsp3) is 0.500. The minimum absolute atomic E-state index is 0.151. The van der Waals surface area contributed by atoms with Crippen molar-refractivity contribution in [3.8, 4) is 0 Å². The van der Waals surface area contributed by atoms with Crippen LogP contribution in [0, 0.1) is 13.8 Å². The van der Waals surface area contributed by atoms with E-state index in [0.717, 1.165) is 10.6 Å². The van der Waals surface area contributed by atoms with Gasteiger partial charge in [-0.2, -0.15) is 8.88 Å². The summed E-state index contributed by atoms with van der Waals surface area (Å²) in [5.74, 6) is 0.866. The van der Waals surface area contributed by atoms with Crippen LogP contribution in [0.1, 0.15) is 40.0 Å². The number of phosphoric ester groups is 1. The van der Waals surface area contributed by atoms with Crippen molar-refractivity contribution in [3.63, 3.8) is 0 Å². The van der Waals surface area contributed by atoms with Gasteiger partial charge in [-0.15, -0.1) is 0 Å². The fourth-order valence-corrected chi connectivity index (χ4v) is 5.29. The number of hydrogen-bond donors (Lipinski definition) is 5. The maximum absolute atomic E-state index is 11.5. The Labute approximate surface area is 170 Å². The summed E-state index contributed by atoms with van der Waals surface area (Å²) in [7, 11) is -10.1. The second-order valence-corrected chi connectivity index (χ2v) is 10.1. The van der Waals surface area contributed by atoms with Gasteiger partial charge < -0.3 is 25.5 Å². The first-order chi connectivity index (χ1) is 13.3. The normalized spacial score (nSPS) is 15.3. The molecule has 2 heterocycles. The zero-order chi connectivity index (χ0) is 22.0. The van der Waals surface area contributed by atoms with Gasteiger partial charge in [-0.1, -0.05) is 11.3 Å². The molecule has 0 bridgehead atoms. The molecule has 2 unspecified atom stereocenters.